The van der Waals surface area contributed by atoms with Crippen LogP contribution in [0.15, 0.2) is 18.2 Å². The molecule has 86 valence electrons. The Labute approximate surface area is 101 Å². The summed E-state index contributed by atoms with van der Waals surface area (Å²) in [5.74, 6) is 3.45. The minimum absolute atomic E-state index is 0.417. The van der Waals surface area contributed by atoms with Gasteiger partial charge in [0, 0.05) is 12.3 Å². The van der Waals surface area contributed by atoms with Crippen molar-refractivity contribution in [3.63, 3.8) is 0 Å². The van der Waals surface area contributed by atoms with E-state index in [4.69, 9.17) is 4.74 Å². The van der Waals surface area contributed by atoms with Gasteiger partial charge >= 0.3 is 0 Å². The molecule has 3 heteroatoms. The summed E-state index contributed by atoms with van der Waals surface area (Å²) in [6.45, 7) is 1.08. The molecule has 0 radical (unpaired) electrons. The predicted molar refractivity (Wildman–Crippen MR) is 69.6 cm³/mol. The molecule has 0 amide bonds. The molecule has 0 aromatic heterocycles. The number of rotatable bonds is 2. The summed E-state index contributed by atoms with van der Waals surface area (Å²) in [6, 6.07) is 6.42. The minimum Gasteiger partial charge on any atom is -0.487 e. The first-order valence-corrected chi connectivity index (χ1v) is 7.19. The molecule has 1 saturated heterocycles. The van der Waals surface area contributed by atoms with Crippen LogP contribution in [0.2, 0.25) is 0 Å². The summed E-state index contributed by atoms with van der Waals surface area (Å²) in [5.41, 5.74) is 2.65. The van der Waals surface area contributed by atoms with Crippen molar-refractivity contribution in [2.45, 2.75) is 25.4 Å². The van der Waals surface area contributed by atoms with Crippen LogP contribution in [0.4, 0.5) is 5.69 Å². The van der Waals surface area contributed by atoms with Gasteiger partial charge in [-0.2, -0.15) is 11.8 Å². The Bertz CT molecular complexity index is 374. The summed E-state index contributed by atoms with van der Waals surface area (Å²) in [4.78, 5) is 0. The van der Waals surface area contributed by atoms with Crippen molar-refractivity contribution in [3.8, 4) is 5.75 Å². The normalized spacial score (nSPS) is 23.6. The SMILES string of the molecule is c1cc2c(c(OC3CCSC3)c1)NCCC2. The highest BCUT2D eigenvalue weighted by molar-refractivity contribution is 7.99. The summed E-state index contributed by atoms with van der Waals surface area (Å²) in [5, 5.41) is 3.47. The van der Waals surface area contributed by atoms with Crippen molar-refractivity contribution < 1.29 is 4.74 Å². The van der Waals surface area contributed by atoms with Crippen LogP contribution < -0.4 is 10.1 Å². The van der Waals surface area contributed by atoms with Gasteiger partial charge in [0.2, 0.25) is 0 Å². The molecule has 1 atom stereocenters. The molecule has 3 rings (SSSR count). The largest absolute Gasteiger partial charge is 0.487 e. The number of nitrogens with one attached hydrogen (secondary N) is 1. The van der Waals surface area contributed by atoms with Crippen LogP contribution in [-0.4, -0.2) is 24.2 Å². The predicted octanol–water partition coefficient (Wildman–Crippen LogP) is 2.93. The van der Waals surface area contributed by atoms with Crippen LogP contribution in [0, 0.1) is 0 Å². The molecule has 16 heavy (non-hydrogen) atoms. The molecule has 1 unspecified atom stereocenters. The van der Waals surface area contributed by atoms with E-state index in [-0.39, 0.29) is 0 Å². The van der Waals surface area contributed by atoms with E-state index in [0.29, 0.717) is 6.10 Å². The topological polar surface area (TPSA) is 21.3 Å². The fourth-order valence-electron chi connectivity index (χ4n) is 2.36. The van der Waals surface area contributed by atoms with Gasteiger partial charge in [0.15, 0.2) is 0 Å². The van der Waals surface area contributed by atoms with E-state index >= 15 is 0 Å². The van der Waals surface area contributed by atoms with Crippen LogP contribution in [0.1, 0.15) is 18.4 Å². The third kappa shape index (κ3) is 2.01. The molecule has 2 aliphatic rings. The van der Waals surface area contributed by atoms with Crippen molar-refractivity contribution in [2.75, 3.05) is 23.4 Å². The highest BCUT2D eigenvalue weighted by atomic mass is 32.2. The molecule has 2 heterocycles. The summed E-state index contributed by atoms with van der Waals surface area (Å²) in [6.07, 6.45) is 4.02. The summed E-state index contributed by atoms with van der Waals surface area (Å²) >= 11 is 1.99. The zero-order chi connectivity index (χ0) is 10.8. The van der Waals surface area contributed by atoms with Crippen LogP contribution in [0.5, 0.6) is 5.75 Å². The highest BCUT2D eigenvalue weighted by Crippen LogP contribution is 2.34. The maximum atomic E-state index is 6.09. The van der Waals surface area contributed by atoms with Gasteiger partial charge in [-0.25, -0.2) is 0 Å². The van der Waals surface area contributed by atoms with Gasteiger partial charge in [-0.05, 0) is 36.6 Å². The smallest absolute Gasteiger partial charge is 0.143 e. The fraction of sp³-hybridized carbons (Fsp3) is 0.538. The van der Waals surface area contributed by atoms with E-state index in [0.717, 1.165) is 18.0 Å². The Balaban J connectivity index is 1.82. The second kappa shape index (κ2) is 4.58. The maximum Gasteiger partial charge on any atom is 0.143 e. The zero-order valence-electron chi connectivity index (χ0n) is 9.37. The molecule has 1 aromatic rings. The number of hydrogen-bond acceptors (Lipinski definition) is 3. The lowest BCUT2D eigenvalue weighted by atomic mass is 10.0. The fourth-order valence-corrected chi connectivity index (χ4v) is 3.46. The third-order valence-electron chi connectivity index (χ3n) is 3.22. The Morgan fingerprint density at radius 3 is 3.25 bits per heavy atom. The molecule has 1 fully saturated rings. The second-order valence-electron chi connectivity index (χ2n) is 4.42. The lowest BCUT2D eigenvalue weighted by molar-refractivity contribution is 0.230. The Hall–Kier alpha value is -0.830. The van der Waals surface area contributed by atoms with E-state index in [1.807, 2.05) is 11.8 Å². The molecule has 0 aliphatic carbocycles. The van der Waals surface area contributed by atoms with E-state index in [9.17, 15) is 0 Å². The van der Waals surface area contributed by atoms with Gasteiger partial charge in [-0.3, -0.25) is 0 Å². The van der Waals surface area contributed by atoms with E-state index < -0.39 is 0 Å². The molecular weight excluding hydrogens is 218 g/mol. The molecular formula is C13H17NOS. The molecule has 1 N–H and O–H groups in total. The van der Waals surface area contributed by atoms with Crippen LogP contribution in [-0.2, 0) is 6.42 Å². The summed E-state index contributed by atoms with van der Waals surface area (Å²) < 4.78 is 6.09. The Morgan fingerprint density at radius 2 is 2.38 bits per heavy atom. The minimum atomic E-state index is 0.417. The lowest BCUT2D eigenvalue weighted by Gasteiger charge is -2.23. The highest BCUT2D eigenvalue weighted by Gasteiger charge is 2.20. The summed E-state index contributed by atoms with van der Waals surface area (Å²) in [7, 11) is 0. The number of ether oxygens (including phenoxy) is 1. The number of aryl methyl sites for hydroxylation is 1. The maximum absolute atomic E-state index is 6.09. The number of hydrogen-bond donors (Lipinski definition) is 1. The van der Waals surface area contributed by atoms with Crippen molar-refractivity contribution in [1.29, 1.82) is 0 Å². The second-order valence-corrected chi connectivity index (χ2v) is 5.57. The van der Waals surface area contributed by atoms with Gasteiger partial charge in [0.05, 0.1) is 5.69 Å². The molecule has 2 aliphatic heterocycles. The van der Waals surface area contributed by atoms with E-state index in [2.05, 4.69) is 23.5 Å². The molecule has 1 aromatic carbocycles. The average molecular weight is 235 g/mol. The molecule has 0 bridgehead atoms. The monoisotopic (exact) mass is 235 g/mol. The van der Waals surface area contributed by atoms with Crippen LogP contribution in [0.25, 0.3) is 0 Å². The zero-order valence-corrected chi connectivity index (χ0v) is 10.2. The molecule has 0 spiro atoms. The third-order valence-corrected chi connectivity index (χ3v) is 4.35. The number of para-hydroxylation sites is 1. The first kappa shape index (κ1) is 10.3. The van der Waals surface area contributed by atoms with Gasteiger partial charge in [0.1, 0.15) is 11.9 Å². The van der Waals surface area contributed by atoms with Crippen LogP contribution >= 0.6 is 11.8 Å². The molecule has 2 nitrogen and oxygen atoms in total. The quantitative estimate of drug-likeness (QED) is 0.851. The van der Waals surface area contributed by atoms with Gasteiger partial charge in [-0.1, -0.05) is 12.1 Å². The Morgan fingerprint density at radius 1 is 1.38 bits per heavy atom. The van der Waals surface area contributed by atoms with Crippen molar-refractivity contribution in [1.82, 2.24) is 0 Å². The van der Waals surface area contributed by atoms with Crippen LogP contribution in [0.3, 0.4) is 0 Å². The standard InChI is InChI=1S/C13H17NOS/c1-3-10-4-2-7-14-13(10)12(5-1)15-11-6-8-16-9-11/h1,3,5,11,14H,2,4,6-9H2. The average Bonchev–Trinajstić information content (AvgIpc) is 2.82. The van der Waals surface area contributed by atoms with E-state index in [1.165, 1.54) is 36.3 Å². The van der Waals surface area contributed by atoms with Gasteiger partial charge < -0.3 is 10.1 Å². The number of fused-ring (bicyclic) bond motifs is 1. The lowest BCUT2D eigenvalue weighted by Crippen LogP contribution is -2.18. The number of anilines is 1. The molecule has 0 saturated carbocycles. The van der Waals surface area contributed by atoms with Gasteiger partial charge in [0.25, 0.3) is 0 Å². The van der Waals surface area contributed by atoms with Crippen molar-refractivity contribution in [2.24, 2.45) is 0 Å². The first-order valence-electron chi connectivity index (χ1n) is 6.03. The van der Waals surface area contributed by atoms with Gasteiger partial charge in [-0.15, -0.1) is 0 Å². The van der Waals surface area contributed by atoms with Crippen molar-refractivity contribution >= 4 is 17.4 Å². The van der Waals surface area contributed by atoms with Crippen molar-refractivity contribution in [3.05, 3.63) is 23.8 Å². The Kier molecular flexibility index (Phi) is 2.96. The number of thioether (sulfide) groups is 1. The van der Waals surface area contributed by atoms with E-state index in [1.54, 1.807) is 0 Å². The number of benzene rings is 1. The first-order chi connectivity index (χ1) is 7.93.